The fourth-order valence-corrected chi connectivity index (χ4v) is 3.48. The van der Waals surface area contributed by atoms with E-state index in [1.165, 1.54) is 29.5 Å². The fourth-order valence-electron chi connectivity index (χ4n) is 2.71. The fraction of sp³-hybridized carbons (Fsp3) is 0.105. The van der Waals surface area contributed by atoms with Gasteiger partial charge in [0, 0.05) is 17.4 Å². The first-order chi connectivity index (χ1) is 12.6. The van der Waals surface area contributed by atoms with Gasteiger partial charge in [-0.15, -0.1) is 10.2 Å². The Bertz CT molecular complexity index is 1090. The molecule has 0 fully saturated rings. The van der Waals surface area contributed by atoms with Crippen molar-refractivity contribution in [3.8, 4) is 0 Å². The molecule has 0 spiro atoms. The van der Waals surface area contributed by atoms with Gasteiger partial charge in [0.2, 0.25) is 5.13 Å². The molecule has 0 aliphatic carbocycles. The first-order valence-corrected chi connectivity index (χ1v) is 8.78. The molecule has 0 radical (unpaired) electrons. The van der Waals surface area contributed by atoms with Crippen LogP contribution in [-0.4, -0.2) is 16.1 Å². The third-order valence-corrected chi connectivity index (χ3v) is 4.83. The third-order valence-electron chi connectivity index (χ3n) is 3.99. The lowest BCUT2D eigenvalue weighted by atomic mass is 10.1. The van der Waals surface area contributed by atoms with Crippen molar-refractivity contribution in [3.63, 3.8) is 0 Å². The zero-order chi connectivity index (χ0) is 18.1. The van der Waals surface area contributed by atoms with E-state index in [-0.39, 0.29) is 11.6 Å². The van der Waals surface area contributed by atoms with E-state index >= 15 is 0 Å². The van der Waals surface area contributed by atoms with Gasteiger partial charge in [-0.25, -0.2) is 4.39 Å². The van der Waals surface area contributed by atoms with Crippen LogP contribution in [-0.2, 0) is 6.42 Å². The van der Waals surface area contributed by atoms with Crippen LogP contribution in [0.25, 0.3) is 11.0 Å². The third kappa shape index (κ3) is 3.21. The number of hydrogen-bond acceptors (Lipinski definition) is 5. The van der Waals surface area contributed by atoms with Gasteiger partial charge < -0.3 is 4.42 Å². The van der Waals surface area contributed by atoms with Crippen LogP contribution in [0.5, 0.6) is 0 Å². The van der Waals surface area contributed by atoms with Crippen molar-refractivity contribution in [2.24, 2.45) is 0 Å². The minimum atomic E-state index is -0.429. The molecule has 2 aromatic carbocycles. The van der Waals surface area contributed by atoms with E-state index in [2.05, 4.69) is 15.5 Å². The number of rotatable bonds is 4. The molecule has 0 unspecified atom stereocenters. The number of amides is 1. The predicted octanol–water partition coefficient (Wildman–Crippen LogP) is 4.57. The number of hydrogen-bond donors (Lipinski definition) is 1. The summed E-state index contributed by atoms with van der Waals surface area (Å²) in [5, 5.41) is 12.6. The molecule has 130 valence electrons. The van der Waals surface area contributed by atoms with E-state index in [0.717, 1.165) is 10.6 Å². The number of anilines is 1. The zero-order valence-corrected chi connectivity index (χ0v) is 14.6. The lowest BCUT2D eigenvalue weighted by Crippen LogP contribution is -2.11. The number of aryl methyl sites for hydroxylation is 1. The summed E-state index contributed by atoms with van der Waals surface area (Å²) in [5.41, 5.74) is 2.18. The first kappa shape index (κ1) is 16.4. The first-order valence-electron chi connectivity index (χ1n) is 7.96. The number of nitrogens with one attached hydrogen (secondary N) is 1. The molecule has 2 aromatic heterocycles. The SMILES string of the molecule is Cc1c(C(=O)Nc2nnc(Cc3ccccc3)s2)oc2ccc(F)cc12. The van der Waals surface area contributed by atoms with Crippen LogP contribution < -0.4 is 5.32 Å². The summed E-state index contributed by atoms with van der Waals surface area (Å²) in [6, 6.07) is 14.1. The summed E-state index contributed by atoms with van der Waals surface area (Å²) in [7, 11) is 0. The standard InChI is InChI=1S/C19H14FN3O2S/c1-11-14-10-13(20)7-8-15(14)25-17(11)18(24)21-19-23-22-16(26-19)9-12-5-3-2-4-6-12/h2-8,10H,9H2,1H3,(H,21,23,24). The molecule has 2 heterocycles. The normalized spacial score (nSPS) is 11.0. The molecule has 26 heavy (non-hydrogen) atoms. The average Bonchev–Trinajstić information content (AvgIpc) is 3.20. The predicted molar refractivity (Wildman–Crippen MR) is 98.0 cm³/mol. The highest BCUT2D eigenvalue weighted by atomic mass is 32.1. The van der Waals surface area contributed by atoms with E-state index in [0.29, 0.717) is 28.1 Å². The van der Waals surface area contributed by atoms with E-state index < -0.39 is 5.91 Å². The molecule has 0 aliphatic rings. The van der Waals surface area contributed by atoms with Crippen LogP contribution in [0.1, 0.15) is 26.7 Å². The Morgan fingerprint density at radius 1 is 1.19 bits per heavy atom. The van der Waals surface area contributed by atoms with Crippen molar-refractivity contribution < 1.29 is 13.6 Å². The van der Waals surface area contributed by atoms with Crippen molar-refractivity contribution >= 4 is 33.3 Å². The highest BCUT2D eigenvalue weighted by Crippen LogP contribution is 2.27. The van der Waals surface area contributed by atoms with Crippen LogP contribution in [0, 0.1) is 12.7 Å². The number of halogens is 1. The van der Waals surface area contributed by atoms with Gasteiger partial charge in [0.05, 0.1) is 0 Å². The Morgan fingerprint density at radius 3 is 2.81 bits per heavy atom. The molecule has 0 aliphatic heterocycles. The van der Waals surface area contributed by atoms with E-state index in [1.54, 1.807) is 6.92 Å². The van der Waals surface area contributed by atoms with E-state index in [9.17, 15) is 9.18 Å². The Balaban J connectivity index is 1.53. The molecule has 4 aromatic rings. The summed E-state index contributed by atoms with van der Waals surface area (Å²) in [5.74, 6) is -0.657. The van der Waals surface area contributed by atoms with Gasteiger partial charge in [0.1, 0.15) is 16.4 Å². The topological polar surface area (TPSA) is 68.0 Å². The Labute approximate surface area is 152 Å². The monoisotopic (exact) mass is 367 g/mol. The molecule has 1 amide bonds. The van der Waals surface area contributed by atoms with Crippen LogP contribution >= 0.6 is 11.3 Å². The van der Waals surface area contributed by atoms with Crippen LogP contribution in [0.2, 0.25) is 0 Å². The maximum absolute atomic E-state index is 13.4. The number of carbonyl (C=O) groups excluding carboxylic acids is 1. The summed E-state index contributed by atoms with van der Waals surface area (Å²) >= 11 is 1.31. The molecule has 0 bridgehead atoms. The van der Waals surface area contributed by atoms with Crippen molar-refractivity contribution in [1.29, 1.82) is 0 Å². The smallest absolute Gasteiger partial charge is 0.293 e. The van der Waals surface area contributed by atoms with Gasteiger partial charge in [-0.2, -0.15) is 0 Å². The molecule has 5 nitrogen and oxygen atoms in total. The number of carbonyl (C=O) groups is 1. The second kappa shape index (κ2) is 6.68. The summed E-state index contributed by atoms with van der Waals surface area (Å²) in [6.07, 6.45) is 0.650. The molecule has 4 rings (SSSR count). The van der Waals surface area contributed by atoms with Crippen molar-refractivity contribution in [3.05, 3.63) is 76.2 Å². The largest absolute Gasteiger partial charge is 0.451 e. The molecular formula is C19H14FN3O2S. The van der Waals surface area contributed by atoms with Crippen molar-refractivity contribution in [1.82, 2.24) is 10.2 Å². The molecule has 1 N–H and O–H groups in total. The molecular weight excluding hydrogens is 353 g/mol. The second-order valence-corrected chi connectivity index (χ2v) is 6.88. The second-order valence-electron chi connectivity index (χ2n) is 5.81. The minimum Gasteiger partial charge on any atom is -0.451 e. The summed E-state index contributed by atoms with van der Waals surface area (Å²) < 4.78 is 19.0. The zero-order valence-electron chi connectivity index (χ0n) is 13.8. The lowest BCUT2D eigenvalue weighted by Gasteiger charge is -1.98. The number of aromatic nitrogens is 2. The Hall–Kier alpha value is -3.06. The highest BCUT2D eigenvalue weighted by Gasteiger charge is 2.19. The Kier molecular flexibility index (Phi) is 4.22. The number of benzene rings is 2. The molecule has 0 saturated heterocycles. The number of fused-ring (bicyclic) bond motifs is 1. The quantitative estimate of drug-likeness (QED) is 0.573. The molecule has 7 heteroatoms. The highest BCUT2D eigenvalue weighted by molar-refractivity contribution is 7.15. The molecule has 0 saturated carbocycles. The van der Waals surface area contributed by atoms with Gasteiger partial charge in [-0.1, -0.05) is 41.7 Å². The van der Waals surface area contributed by atoms with Gasteiger partial charge in [0.25, 0.3) is 5.91 Å². The minimum absolute atomic E-state index is 0.144. The van der Waals surface area contributed by atoms with Crippen LogP contribution in [0.3, 0.4) is 0 Å². The summed E-state index contributed by atoms with van der Waals surface area (Å²) in [4.78, 5) is 12.5. The summed E-state index contributed by atoms with van der Waals surface area (Å²) in [6.45, 7) is 1.72. The van der Waals surface area contributed by atoms with Gasteiger partial charge >= 0.3 is 0 Å². The van der Waals surface area contributed by atoms with Gasteiger partial charge in [-0.05, 0) is 30.7 Å². The number of nitrogens with zero attached hydrogens (tertiary/aromatic N) is 2. The number of furan rings is 1. The molecule has 0 atom stereocenters. The van der Waals surface area contributed by atoms with Crippen LogP contribution in [0.4, 0.5) is 9.52 Å². The average molecular weight is 367 g/mol. The Morgan fingerprint density at radius 2 is 2.00 bits per heavy atom. The van der Waals surface area contributed by atoms with Crippen LogP contribution in [0.15, 0.2) is 52.9 Å². The maximum atomic E-state index is 13.4. The van der Waals surface area contributed by atoms with E-state index in [1.807, 2.05) is 30.3 Å². The van der Waals surface area contributed by atoms with Crippen molar-refractivity contribution in [2.75, 3.05) is 5.32 Å². The maximum Gasteiger partial charge on any atom is 0.293 e. The van der Waals surface area contributed by atoms with Crippen molar-refractivity contribution in [2.45, 2.75) is 13.3 Å². The van der Waals surface area contributed by atoms with Gasteiger partial charge in [0.15, 0.2) is 5.76 Å². The van der Waals surface area contributed by atoms with E-state index in [4.69, 9.17) is 4.42 Å². The van der Waals surface area contributed by atoms with Gasteiger partial charge in [-0.3, -0.25) is 10.1 Å². The lowest BCUT2D eigenvalue weighted by molar-refractivity contribution is 0.0998.